The molecule has 0 fully saturated rings. The molecule has 4 rings (SSSR count). The SMILES string of the molecule is CC(C)[Si](OCC(Cc1cnc(NC(=O)Nc2cccc(C(F)(F)F)c2)s1)Oc1ncnc2ccsc12)(C(C)C)C(C)C. The van der Waals surface area contributed by atoms with Gasteiger partial charge in [-0.1, -0.05) is 47.6 Å². The first-order valence-corrected chi connectivity index (χ1v) is 17.8. The van der Waals surface area contributed by atoms with Crippen molar-refractivity contribution in [3.8, 4) is 5.88 Å². The van der Waals surface area contributed by atoms with Crippen LogP contribution >= 0.6 is 22.7 Å². The number of urea groups is 1. The van der Waals surface area contributed by atoms with Crippen LogP contribution in [0.5, 0.6) is 5.88 Å². The topological polar surface area (TPSA) is 98.3 Å². The molecule has 0 aliphatic carbocycles. The molecule has 3 aromatic heterocycles. The van der Waals surface area contributed by atoms with Gasteiger partial charge in [0.2, 0.25) is 14.2 Å². The third kappa shape index (κ3) is 7.91. The van der Waals surface area contributed by atoms with E-state index >= 15 is 0 Å². The van der Waals surface area contributed by atoms with Gasteiger partial charge in [0.1, 0.15) is 17.1 Å². The maximum Gasteiger partial charge on any atom is 0.416 e. The zero-order chi connectivity index (χ0) is 31.4. The number of aromatic nitrogens is 3. The molecule has 43 heavy (non-hydrogen) atoms. The van der Waals surface area contributed by atoms with Crippen molar-refractivity contribution in [2.75, 3.05) is 17.2 Å². The predicted octanol–water partition coefficient (Wildman–Crippen LogP) is 8.99. The minimum Gasteiger partial charge on any atom is -0.470 e. The largest absolute Gasteiger partial charge is 0.470 e. The van der Waals surface area contributed by atoms with Gasteiger partial charge in [-0.25, -0.2) is 19.7 Å². The first-order valence-electron chi connectivity index (χ1n) is 14.0. The summed E-state index contributed by atoms with van der Waals surface area (Å²) in [5.74, 6) is 0.489. The lowest BCUT2D eigenvalue weighted by Crippen LogP contribution is -2.49. The van der Waals surface area contributed by atoms with E-state index in [0.717, 1.165) is 27.2 Å². The molecule has 0 aliphatic rings. The number of anilines is 2. The van der Waals surface area contributed by atoms with E-state index in [9.17, 15) is 18.0 Å². The Morgan fingerprint density at radius 2 is 1.72 bits per heavy atom. The van der Waals surface area contributed by atoms with Gasteiger partial charge in [0.05, 0.1) is 17.7 Å². The number of rotatable bonds is 12. The number of alkyl halides is 3. The Kier molecular flexibility index (Phi) is 10.5. The average molecular weight is 652 g/mol. The highest BCUT2D eigenvalue weighted by Gasteiger charge is 2.45. The summed E-state index contributed by atoms with van der Waals surface area (Å²) in [6.07, 6.45) is -1.32. The fourth-order valence-electron chi connectivity index (χ4n) is 5.60. The van der Waals surface area contributed by atoms with Gasteiger partial charge in [-0.05, 0) is 46.3 Å². The number of ether oxygens (including phenoxy) is 1. The van der Waals surface area contributed by atoms with Crippen LogP contribution in [0.4, 0.5) is 28.8 Å². The number of nitrogens with one attached hydrogen (secondary N) is 2. The number of fused-ring (bicyclic) bond motifs is 1. The van der Waals surface area contributed by atoms with Crippen molar-refractivity contribution >= 4 is 58.1 Å². The third-order valence-electron chi connectivity index (χ3n) is 7.37. The fourth-order valence-corrected chi connectivity index (χ4v) is 12.7. The smallest absolute Gasteiger partial charge is 0.416 e. The summed E-state index contributed by atoms with van der Waals surface area (Å²) in [5, 5.41) is 7.28. The Bertz CT molecular complexity index is 1500. The highest BCUT2D eigenvalue weighted by Crippen LogP contribution is 2.42. The zero-order valence-corrected chi connectivity index (χ0v) is 27.5. The van der Waals surface area contributed by atoms with Crippen LogP contribution in [0.15, 0.2) is 48.2 Å². The highest BCUT2D eigenvalue weighted by atomic mass is 32.1. The second kappa shape index (κ2) is 13.7. The van der Waals surface area contributed by atoms with Crippen molar-refractivity contribution in [2.45, 2.75) is 76.9 Å². The lowest BCUT2D eigenvalue weighted by atomic mass is 10.2. The van der Waals surface area contributed by atoms with Crippen molar-refractivity contribution < 1.29 is 27.1 Å². The van der Waals surface area contributed by atoms with Gasteiger partial charge in [-0.15, -0.1) is 22.7 Å². The molecule has 0 bridgehead atoms. The Labute approximate surface area is 258 Å². The molecule has 14 heteroatoms. The van der Waals surface area contributed by atoms with Crippen molar-refractivity contribution in [3.63, 3.8) is 0 Å². The molecule has 0 saturated heterocycles. The Morgan fingerprint density at radius 3 is 2.40 bits per heavy atom. The molecule has 2 amide bonds. The van der Waals surface area contributed by atoms with Crippen molar-refractivity contribution in [2.24, 2.45) is 0 Å². The second-order valence-electron chi connectivity index (χ2n) is 11.2. The number of hydrogen-bond donors (Lipinski definition) is 2. The minimum absolute atomic E-state index is 0.0209. The van der Waals surface area contributed by atoms with E-state index in [2.05, 4.69) is 67.1 Å². The molecule has 4 aromatic rings. The normalized spacial score (nSPS) is 13.2. The van der Waals surface area contributed by atoms with E-state index in [1.807, 2.05) is 11.4 Å². The molecule has 1 aromatic carbocycles. The van der Waals surface area contributed by atoms with Gasteiger partial charge in [0.15, 0.2) is 5.13 Å². The number of thiazole rings is 1. The van der Waals surface area contributed by atoms with Gasteiger partial charge < -0.3 is 14.5 Å². The Morgan fingerprint density at radius 1 is 1.00 bits per heavy atom. The predicted molar refractivity (Wildman–Crippen MR) is 169 cm³/mol. The number of benzene rings is 1. The van der Waals surface area contributed by atoms with E-state index < -0.39 is 32.2 Å². The first kappa shape index (κ1) is 32.8. The minimum atomic E-state index is -4.51. The van der Waals surface area contributed by atoms with Crippen LogP contribution in [0.25, 0.3) is 10.2 Å². The fraction of sp³-hybridized carbons (Fsp3) is 0.448. The molecule has 232 valence electrons. The molecule has 1 atom stereocenters. The number of carbonyl (C=O) groups is 1. The number of halogens is 3. The van der Waals surface area contributed by atoms with E-state index in [4.69, 9.17) is 9.16 Å². The summed E-state index contributed by atoms with van der Waals surface area (Å²) in [5.41, 5.74) is 1.16. The lowest BCUT2D eigenvalue weighted by Gasteiger charge is -2.42. The zero-order valence-electron chi connectivity index (χ0n) is 24.9. The van der Waals surface area contributed by atoms with E-state index in [-0.39, 0.29) is 5.69 Å². The van der Waals surface area contributed by atoms with Crippen LogP contribution in [-0.2, 0) is 17.0 Å². The first-order chi connectivity index (χ1) is 20.3. The van der Waals surface area contributed by atoms with Crippen LogP contribution in [0.1, 0.15) is 52.0 Å². The van der Waals surface area contributed by atoms with Crippen LogP contribution in [0.2, 0.25) is 16.6 Å². The highest BCUT2D eigenvalue weighted by molar-refractivity contribution is 7.17. The van der Waals surface area contributed by atoms with Crippen LogP contribution in [0, 0.1) is 0 Å². The summed E-state index contributed by atoms with van der Waals surface area (Å²) in [6, 6.07) is 5.66. The molecule has 0 aliphatic heterocycles. The van der Waals surface area contributed by atoms with Crippen molar-refractivity contribution in [1.29, 1.82) is 0 Å². The molecular formula is C29H36F3N5O3S2Si. The van der Waals surface area contributed by atoms with Crippen molar-refractivity contribution in [3.05, 3.63) is 58.7 Å². The van der Waals surface area contributed by atoms with Crippen LogP contribution < -0.4 is 15.4 Å². The Hall–Kier alpha value is -3.07. The quantitative estimate of drug-likeness (QED) is 0.148. The summed E-state index contributed by atoms with van der Waals surface area (Å²) < 4.78 is 53.3. The summed E-state index contributed by atoms with van der Waals surface area (Å²) in [7, 11) is -2.19. The molecule has 3 heterocycles. The third-order valence-corrected chi connectivity index (χ3v) is 15.3. The summed E-state index contributed by atoms with van der Waals surface area (Å²) >= 11 is 2.76. The van der Waals surface area contributed by atoms with Crippen molar-refractivity contribution in [1.82, 2.24) is 15.0 Å². The monoisotopic (exact) mass is 651 g/mol. The number of nitrogens with zero attached hydrogens (tertiary/aromatic N) is 3. The van der Waals surface area contributed by atoms with E-state index in [0.29, 0.717) is 40.7 Å². The molecule has 0 spiro atoms. The molecule has 2 N–H and O–H groups in total. The number of thiophene rings is 1. The van der Waals surface area contributed by atoms with E-state index in [1.54, 1.807) is 6.20 Å². The number of amides is 2. The maximum absolute atomic E-state index is 13.0. The van der Waals surface area contributed by atoms with Gasteiger partial charge in [-0.2, -0.15) is 13.2 Å². The number of carbonyl (C=O) groups excluding carboxylic acids is 1. The standard InChI is InChI=1S/C29H36F3N5O3S2Si/c1-17(2)43(18(3)4,19(5)6)39-15-22(40-26-25-24(10-11-41-25)34-16-35-26)13-23-14-33-28(42-23)37-27(38)36-21-9-7-8-20(12-21)29(30,31)32/h7-12,14,16-19,22H,13,15H2,1-6H3,(H2,33,36,37,38). The van der Waals surface area contributed by atoms with Gasteiger partial charge in [0, 0.05) is 23.2 Å². The van der Waals surface area contributed by atoms with Crippen LogP contribution in [0.3, 0.4) is 0 Å². The van der Waals surface area contributed by atoms with E-state index in [1.165, 1.54) is 41.1 Å². The van der Waals surface area contributed by atoms with Gasteiger partial charge in [0.25, 0.3) is 0 Å². The Balaban J connectivity index is 1.50. The number of hydrogen-bond acceptors (Lipinski definition) is 8. The van der Waals surface area contributed by atoms with Gasteiger partial charge >= 0.3 is 12.2 Å². The lowest BCUT2D eigenvalue weighted by molar-refractivity contribution is -0.137. The molecule has 8 nitrogen and oxygen atoms in total. The molecule has 0 saturated carbocycles. The van der Waals surface area contributed by atoms with Gasteiger partial charge in [-0.3, -0.25) is 5.32 Å². The molecule has 0 radical (unpaired) electrons. The second-order valence-corrected chi connectivity index (χ2v) is 18.7. The maximum atomic E-state index is 13.0. The molecule has 1 unspecified atom stereocenters. The van der Waals surface area contributed by atoms with Crippen LogP contribution in [-0.4, -0.2) is 42.0 Å². The summed E-state index contributed by atoms with van der Waals surface area (Å²) in [4.78, 5) is 26.4. The summed E-state index contributed by atoms with van der Waals surface area (Å²) in [6.45, 7) is 13.7. The molecular weight excluding hydrogens is 616 g/mol. The average Bonchev–Trinajstić information content (AvgIpc) is 3.58.